The molecule has 0 aromatic heterocycles. The molecule has 0 amide bonds. The van der Waals surface area contributed by atoms with E-state index in [0.717, 1.165) is 38.5 Å². The fourth-order valence-corrected chi connectivity index (χ4v) is 4.74. The second-order valence-electron chi connectivity index (χ2n) is 10.8. The quantitative estimate of drug-likeness (QED) is 0.0776. The molecule has 0 saturated carbocycles. The van der Waals surface area contributed by atoms with Crippen LogP contribution in [0, 0.1) is 5.92 Å². The first-order valence-electron chi connectivity index (χ1n) is 15.9. The van der Waals surface area contributed by atoms with E-state index in [-0.39, 0.29) is 11.9 Å². The molecule has 0 saturated heterocycles. The maximum atomic E-state index is 12.0. The van der Waals surface area contributed by atoms with Crippen LogP contribution in [0.5, 0.6) is 0 Å². The van der Waals surface area contributed by atoms with Gasteiger partial charge in [-0.05, 0) is 31.6 Å². The molecule has 0 rings (SSSR count). The van der Waals surface area contributed by atoms with Gasteiger partial charge in [0.2, 0.25) is 0 Å². The number of hydrogen-bond donors (Lipinski definition) is 0. The van der Waals surface area contributed by atoms with Gasteiger partial charge in [0.1, 0.15) is 0 Å². The third-order valence-corrected chi connectivity index (χ3v) is 7.35. The van der Waals surface area contributed by atoms with Gasteiger partial charge in [0.25, 0.3) is 0 Å². The number of carbonyl (C=O) groups excluding carboxylic acids is 2. The van der Waals surface area contributed by atoms with E-state index in [9.17, 15) is 9.59 Å². The molecule has 214 valence electrons. The van der Waals surface area contributed by atoms with Crippen molar-refractivity contribution < 1.29 is 19.1 Å². The van der Waals surface area contributed by atoms with Crippen molar-refractivity contribution in [1.29, 1.82) is 0 Å². The maximum Gasteiger partial charge on any atom is 0.305 e. The molecule has 0 aliphatic carbocycles. The third-order valence-electron chi connectivity index (χ3n) is 7.35. The van der Waals surface area contributed by atoms with Crippen LogP contribution in [0.3, 0.4) is 0 Å². The van der Waals surface area contributed by atoms with Gasteiger partial charge >= 0.3 is 11.9 Å². The molecule has 4 nitrogen and oxygen atoms in total. The minimum absolute atomic E-state index is 0.00126. The summed E-state index contributed by atoms with van der Waals surface area (Å²) in [5.41, 5.74) is 0. The van der Waals surface area contributed by atoms with Crippen molar-refractivity contribution in [3.05, 3.63) is 0 Å². The van der Waals surface area contributed by atoms with Gasteiger partial charge in [0.05, 0.1) is 13.2 Å². The second kappa shape index (κ2) is 28.5. The van der Waals surface area contributed by atoms with E-state index in [1.165, 1.54) is 103 Å². The molecule has 0 bridgehead atoms. The number of carbonyl (C=O) groups is 2. The van der Waals surface area contributed by atoms with Crippen LogP contribution in [0.4, 0.5) is 0 Å². The normalized spacial score (nSPS) is 12.0. The summed E-state index contributed by atoms with van der Waals surface area (Å²) in [6, 6.07) is 0. The number of unbranched alkanes of at least 4 members (excludes halogenated alkanes) is 16. The van der Waals surface area contributed by atoms with Crippen LogP contribution >= 0.6 is 0 Å². The van der Waals surface area contributed by atoms with E-state index < -0.39 is 0 Å². The van der Waals surface area contributed by atoms with Crippen molar-refractivity contribution in [2.45, 2.75) is 175 Å². The summed E-state index contributed by atoms with van der Waals surface area (Å²) in [6.07, 6.45) is 27.7. The highest BCUT2D eigenvalue weighted by atomic mass is 16.5. The Morgan fingerprint density at radius 3 is 1.39 bits per heavy atom. The Bertz CT molecular complexity index is 477. The Balaban J connectivity index is 3.44. The van der Waals surface area contributed by atoms with Crippen molar-refractivity contribution in [2.24, 2.45) is 5.92 Å². The van der Waals surface area contributed by atoms with Crippen molar-refractivity contribution in [1.82, 2.24) is 0 Å². The lowest BCUT2D eigenvalue weighted by Crippen LogP contribution is -2.09. The van der Waals surface area contributed by atoms with Gasteiger partial charge in [-0.1, -0.05) is 136 Å². The van der Waals surface area contributed by atoms with Crippen LogP contribution < -0.4 is 0 Å². The molecule has 4 heteroatoms. The monoisotopic (exact) mass is 510 g/mol. The highest BCUT2D eigenvalue weighted by Crippen LogP contribution is 2.20. The largest absolute Gasteiger partial charge is 0.466 e. The number of hydrogen-bond acceptors (Lipinski definition) is 4. The Labute approximate surface area is 225 Å². The van der Waals surface area contributed by atoms with Crippen LogP contribution in [-0.4, -0.2) is 25.2 Å². The Kier molecular flexibility index (Phi) is 27.7. The first-order valence-corrected chi connectivity index (χ1v) is 15.9. The Morgan fingerprint density at radius 1 is 0.472 bits per heavy atom. The standard InChI is InChI=1S/C32H62O4/c1-4-7-9-18-22-28-35-31(33)25-21-17-15-13-11-12-14-16-20-24-30(6-3)26-27-32(34)36-29-23-19-10-8-5-2/h30H,4-29H2,1-3H3. The highest BCUT2D eigenvalue weighted by molar-refractivity contribution is 5.69. The van der Waals surface area contributed by atoms with E-state index in [4.69, 9.17) is 9.47 Å². The van der Waals surface area contributed by atoms with E-state index >= 15 is 0 Å². The third kappa shape index (κ3) is 26.0. The van der Waals surface area contributed by atoms with Crippen molar-refractivity contribution in [3.63, 3.8) is 0 Å². The van der Waals surface area contributed by atoms with E-state index in [1.54, 1.807) is 0 Å². The molecule has 1 atom stereocenters. The van der Waals surface area contributed by atoms with Crippen molar-refractivity contribution in [2.75, 3.05) is 13.2 Å². The van der Waals surface area contributed by atoms with Gasteiger partial charge in [-0.3, -0.25) is 9.59 Å². The number of rotatable bonds is 28. The SMILES string of the molecule is CCCCCCCOC(=O)CCCCCCCCCCCC(CC)CCC(=O)OCCCCCCC. The van der Waals surface area contributed by atoms with Crippen LogP contribution in [0.1, 0.15) is 175 Å². The molecule has 0 aliphatic heterocycles. The molecule has 1 unspecified atom stereocenters. The summed E-state index contributed by atoms with van der Waals surface area (Å²) in [7, 11) is 0. The molecule has 0 fully saturated rings. The van der Waals surface area contributed by atoms with Crippen molar-refractivity contribution >= 4 is 11.9 Å². The first kappa shape index (κ1) is 34.9. The summed E-state index contributed by atoms with van der Waals surface area (Å²) >= 11 is 0. The first-order chi connectivity index (χ1) is 17.6. The summed E-state index contributed by atoms with van der Waals surface area (Å²) < 4.78 is 10.7. The lowest BCUT2D eigenvalue weighted by Gasteiger charge is -2.14. The minimum atomic E-state index is -0.00873. The molecule has 0 radical (unpaired) electrons. The van der Waals surface area contributed by atoms with Crippen LogP contribution in [0.25, 0.3) is 0 Å². The van der Waals surface area contributed by atoms with Gasteiger partial charge in [-0.2, -0.15) is 0 Å². The predicted molar refractivity (Wildman–Crippen MR) is 153 cm³/mol. The van der Waals surface area contributed by atoms with E-state index in [2.05, 4.69) is 20.8 Å². The minimum Gasteiger partial charge on any atom is -0.466 e. The molecular formula is C32H62O4. The summed E-state index contributed by atoms with van der Waals surface area (Å²) in [5.74, 6) is 0.652. The molecule has 0 aliphatic rings. The van der Waals surface area contributed by atoms with Gasteiger partial charge < -0.3 is 9.47 Å². The van der Waals surface area contributed by atoms with Gasteiger partial charge in [-0.25, -0.2) is 0 Å². The average molecular weight is 511 g/mol. The lowest BCUT2D eigenvalue weighted by molar-refractivity contribution is -0.145. The maximum absolute atomic E-state index is 12.0. The van der Waals surface area contributed by atoms with Gasteiger partial charge in [-0.15, -0.1) is 0 Å². The number of ether oxygens (including phenoxy) is 2. The van der Waals surface area contributed by atoms with E-state index in [1.807, 2.05) is 0 Å². The molecule has 0 aromatic carbocycles. The van der Waals surface area contributed by atoms with Crippen molar-refractivity contribution in [3.8, 4) is 0 Å². The second-order valence-corrected chi connectivity index (χ2v) is 10.8. The van der Waals surface area contributed by atoms with Crippen LogP contribution in [0.2, 0.25) is 0 Å². The lowest BCUT2D eigenvalue weighted by atomic mass is 9.93. The molecular weight excluding hydrogens is 448 g/mol. The molecule has 0 N–H and O–H groups in total. The molecule has 36 heavy (non-hydrogen) atoms. The fraction of sp³-hybridized carbons (Fsp3) is 0.938. The number of esters is 2. The smallest absolute Gasteiger partial charge is 0.305 e. The zero-order valence-electron chi connectivity index (χ0n) is 24.6. The fourth-order valence-electron chi connectivity index (χ4n) is 4.74. The summed E-state index contributed by atoms with van der Waals surface area (Å²) in [4.78, 5) is 23.7. The Hall–Kier alpha value is -1.06. The van der Waals surface area contributed by atoms with E-state index in [0.29, 0.717) is 32.0 Å². The van der Waals surface area contributed by atoms with Gasteiger partial charge in [0, 0.05) is 12.8 Å². The molecule has 0 heterocycles. The average Bonchev–Trinajstić information content (AvgIpc) is 2.88. The van der Waals surface area contributed by atoms with Crippen LogP contribution in [0.15, 0.2) is 0 Å². The highest BCUT2D eigenvalue weighted by Gasteiger charge is 2.10. The zero-order valence-corrected chi connectivity index (χ0v) is 24.6. The predicted octanol–water partition coefficient (Wildman–Crippen LogP) is 10.1. The molecule has 0 spiro atoms. The topological polar surface area (TPSA) is 52.6 Å². The van der Waals surface area contributed by atoms with Crippen LogP contribution in [-0.2, 0) is 19.1 Å². The zero-order chi connectivity index (χ0) is 26.5. The summed E-state index contributed by atoms with van der Waals surface area (Å²) in [5, 5.41) is 0. The summed E-state index contributed by atoms with van der Waals surface area (Å²) in [6.45, 7) is 7.88. The van der Waals surface area contributed by atoms with Gasteiger partial charge in [0.15, 0.2) is 0 Å². The Morgan fingerprint density at radius 2 is 0.889 bits per heavy atom. The molecule has 0 aromatic rings.